The lowest BCUT2D eigenvalue weighted by Crippen LogP contribution is -2.33. The van der Waals surface area contributed by atoms with Crippen molar-refractivity contribution in [3.8, 4) is 5.69 Å². The van der Waals surface area contributed by atoms with Gasteiger partial charge < -0.3 is 19.7 Å². The minimum Gasteiger partial charge on any atom is -0.370 e. The number of nitrogens with zero attached hydrogens (tertiary/aromatic N) is 4. The van der Waals surface area contributed by atoms with Crippen LogP contribution in [0.1, 0.15) is 60.1 Å². The average molecular weight is 570 g/mol. The maximum atomic E-state index is 6.98. The number of aryl methyl sites for hydroxylation is 2. The molecule has 0 saturated carbocycles. The van der Waals surface area contributed by atoms with E-state index in [-0.39, 0.29) is 12.1 Å². The van der Waals surface area contributed by atoms with Gasteiger partial charge in [0.25, 0.3) is 0 Å². The molecule has 2 aromatic heterocycles. The quantitative estimate of drug-likeness (QED) is 0.247. The van der Waals surface area contributed by atoms with Crippen molar-refractivity contribution in [2.75, 3.05) is 22.9 Å². The van der Waals surface area contributed by atoms with Gasteiger partial charge in [0.05, 0.1) is 28.5 Å². The molecule has 7 heteroatoms. The number of pyridine rings is 1. The van der Waals surface area contributed by atoms with Crippen LogP contribution in [0.5, 0.6) is 0 Å². The molecule has 4 heterocycles. The van der Waals surface area contributed by atoms with Gasteiger partial charge in [-0.15, -0.1) is 0 Å². The number of aromatic nitrogens is 2. The molecule has 0 amide bonds. The van der Waals surface area contributed by atoms with Crippen LogP contribution in [0.2, 0.25) is 5.02 Å². The predicted octanol–water partition coefficient (Wildman–Crippen LogP) is 7.86. The van der Waals surface area contributed by atoms with Crippen molar-refractivity contribution in [1.29, 1.82) is 0 Å². The van der Waals surface area contributed by atoms with Gasteiger partial charge in [0, 0.05) is 42.0 Å². The van der Waals surface area contributed by atoms with E-state index in [0.717, 1.165) is 41.1 Å². The summed E-state index contributed by atoms with van der Waals surface area (Å²) in [6, 6.07) is 23.1. The largest absolute Gasteiger partial charge is 0.370 e. The number of nitrogens with one attached hydrogen (secondary N) is 1. The van der Waals surface area contributed by atoms with Gasteiger partial charge in [0.1, 0.15) is 0 Å². The van der Waals surface area contributed by atoms with Crippen molar-refractivity contribution in [2.24, 2.45) is 5.92 Å². The molecule has 6 rings (SSSR count). The number of rotatable bonds is 5. The third kappa shape index (κ3) is 4.77. The van der Waals surface area contributed by atoms with Crippen molar-refractivity contribution in [3.63, 3.8) is 0 Å². The van der Waals surface area contributed by atoms with E-state index in [9.17, 15) is 0 Å². The molecule has 5 nitrogen and oxygen atoms in total. The van der Waals surface area contributed by atoms with E-state index in [2.05, 4.69) is 102 Å². The number of hydrogen-bond donors (Lipinski definition) is 1. The fourth-order valence-corrected chi connectivity index (χ4v) is 7.01. The van der Waals surface area contributed by atoms with E-state index in [1.54, 1.807) is 0 Å². The summed E-state index contributed by atoms with van der Waals surface area (Å²) in [6.07, 6.45) is 4.24. The Labute approximate surface area is 247 Å². The molecule has 4 aromatic rings. The van der Waals surface area contributed by atoms with Crippen molar-refractivity contribution in [2.45, 2.75) is 52.6 Å². The highest BCUT2D eigenvalue weighted by Gasteiger charge is 2.42. The molecular formula is C33H36ClN5S. The van der Waals surface area contributed by atoms with Crippen molar-refractivity contribution < 1.29 is 0 Å². The Hall–Kier alpha value is -3.35. The summed E-state index contributed by atoms with van der Waals surface area (Å²) in [5, 5.41) is 5.05. The lowest BCUT2D eigenvalue weighted by Gasteiger charge is -2.33. The molecule has 40 heavy (non-hydrogen) atoms. The van der Waals surface area contributed by atoms with Crippen LogP contribution in [0.25, 0.3) is 5.69 Å². The molecule has 2 aromatic carbocycles. The maximum Gasteiger partial charge on any atom is 0.174 e. The summed E-state index contributed by atoms with van der Waals surface area (Å²) >= 11 is 13.0. The van der Waals surface area contributed by atoms with Crippen LogP contribution < -0.4 is 15.1 Å². The Morgan fingerprint density at radius 1 is 0.925 bits per heavy atom. The van der Waals surface area contributed by atoms with Crippen LogP contribution in [-0.4, -0.2) is 27.8 Å². The number of anilines is 2. The first-order valence-corrected chi connectivity index (χ1v) is 14.9. The molecule has 2 atom stereocenters. The zero-order valence-corrected chi connectivity index (χ0v) is 25.1. The van der Waals surface area contributed by atoms with Crippen LogP contribution in [0.15, 0.2) is 72.9 Å². The minimum absolute atomic E-state index is 0.0934. The third-order valence-electron chi connectivity index (χ3n) is 8.58. The van der Waals surface area contributed by atoms with Gasteiger partial charge in [-0.05, 0) is 105 Å². The van der Waals surface area contributed by atoms with E-state index in [0.29, 0.717) is 5.11 Å². The second-order valence-electron chi connectivity index (χ2n) is 11.3. The molecule has 2 saturated heterocycles. The molecule has 1 N–H and O–H groups in total. The number of para-hydroxylation sites is 1. The molecule has 2 aliphatic rings. The summed E-state index contributed by atoms with van der Waals surface area (Å²) in [6.45, 7) is 11.0. The van der Waals surface area contributed by atoms with Gasteiger partial charge in [0.15, 0.2) is 5.11 Å². The fourth-order valence-electron chi connectivity index (χ4n) is 6.37. The van der Waals surface area contributed by atoms with Gasteiger partial charge in [0.2, 0.25) is 0 Å². The normalized spacial score (nSPS) is 19.8. The average Bonchev–Trinajstić information content (AvgIpc) is 3.45. The summed E-state index contributed by atoms with van der Waals surface area (Å²) in [7, 11) is 0. The standard InChI is InChI=1S/C33H36ClN5S/c1-21-14-17-37(18-15-21)30-13-12-25(20-27(30)34)39-32(31(36-33(39)40)28-10-7-8-16-35-28)26-19-23(3)38(24(26)4)29-11-6-5-9-22(29)2/h5-13,16,19-21,31-32H,14-15,17-18H2,1-4H3,(H,36,40)/t31-,32+/m1/s1. The van der Waals surface area contributed by atoms with Crippen molar-refractivity contribution in [1.82, 2.24) is 14.9 Å². The topological polar surface area (TPSA) is 36.3 Å². The first kappa shape index (κ1) is 26.9. The summed E-state index contributed by atoms with van der Waals surface area (Å²) in [5.74, 6) is 0.769. The highest BCUT2D eigenvalue weighted by Crippen LogP contribution is 2.45. The molecule has 2 fully saturated rings. The number of piperidine rings is 1. The second kappa shape index (κ2) is 10.9. The number of benzene rings is 2. The van der Waals surface area contributed by atoms with E-state index in [1.165, 1.54) is 41.0 Å². The summed E-state index contributed by atoms with van der Waals surface area (Å²) < 4.78 is 2.35. The summed E-state index contributed by atoms with van der Waals surface area (Å²) in [4.78, 5) is 9.38. The van der Waals surface area contributed by atoms with Crippen molar-refractivity contribution >= 4 is 40.3 Å². The van der Waals surface area contributed by atoms with Crippen LogP contribution in [0.4, 0.5) is 11.4 Å². The predicted molar refractivity (Wildman–Crippen MR) is 170 cm³/mol. The minimum atomic E-state index is -0.110. The fraction of sp³-hybridized carbons (Fsp3) is 0.333. The van der Waals surface area contributed by atoms with Gasteiger partial charge in [-0.3, -0.25) is 4.98 Å². The first-order chi connectivity index (χ1) is 19.3. The zero-order chi connectivity index (χ0) is 28.0. The highest BCUT2D eigenvalue weighted by atomic mass is 35.5. The Morgan fingerprint density at radius 3 is 2.38 bits per heavy atom. The Bertz CT molecular complexity index is 1540. The molecule has 0 aliphatic carbocycles. The Kier molecular flexibility index (Phi) is 7.32. The molecular weight excluding hydrogens is 534 g/mol. The monoisotopic (exact) mass is 569 g/mol. The van der Waals surface area contributed by atoms with Crippen LogP contribution in [0, 0.1) is 26.7 Å². The summed E-state index contributed by atoms with van der Waals surface area (Å²) in [5.41, 5.74) is 9.08. The van der Waals surface area contributed by atoms with Gasteiger partial charge in [-0.2, -0.15) is 0 Å². The highest BCUT2D eigenvalue weighted by molar-refractivity contribution is 7.80. The second-order valence-corrected chi connectivity index (χ2v) is 12.0. The smallest absolute Gasteiger partial charge is 0.174 e. The van der Waals surface area contributed by atoms with Crippen molar-refractivity contribution in [3.05, 3.63) is 106 Å². The Balaban J connectivity index is 1.45. The first-order valence-electron chi connectivity index (χ1n) is 14.1. The Morgan fingerprint density at radius 2 is 1.68 bits per heavy atom. The number of hydrogen-bond acceptors (Lipinski definition) is 3. The van der Waals surface area contributed by atoms with Gasteiger partial charge >= 0.3 is 0 Å². The number of halogens is 1. The molecule has 0 unspecified atom stereocenters. The van der Waals surface area contributed by atoms with Crippen LogP contribution in [-0.2, 0) is 0 Å². The SMILES string of the molecule is Cc1ccccc1-n1c(C)cc([C@H]2[C@@H](c3ccccn3)NC(=S)N2c2ccc(N3CCC(C)CC3)c(Cl)c2)c1C. The van der Waals surface area contributed by atoms with E-state index < -0.39 is 0 Å². The van der Waals surface area contributed by atoms with Crippen LogP contribution in [0.3, 0.4) is 0 Å². The molecule has 2 aliphatic heterocycles. The zero-order valence-electron chi connectivity index (χ0n) is 23.6. The van der Waals surface area contributed by atoms with E-state index in [4.69, 9.17) is 28.8 Å². The van der Waals surface area contributed by atoms with E-state index in [1.807, 2.05) is 18.3 Å². The van der Waals surface area contributed by atoms with Gasteiger partial charge in [-0.1, -0.05) is 42.8 Å². The number of thiocarbonyl (C=S) groups is 1. The molecule has 0 bridgehead atoms. The lowest BCUT2D eigenvalue weighted by molar-refractivity contribution is 0.438. The lowest BCUT2D eigenvalue weighted by atomic mass is 9.96. The van der Waals surface area contributed by atoms with Gasteiger partial charge in [-0.25, -0.2) is 0 Å². The molecule has 0 radical (unpaired) electrons. The van der Waals surface area contributed by atoms with Crippen LogP contribution >= 0.6 is 23.8 Å². The third-order valence-corrected chi connectivity index (χ3v) is 9.19. The molecule has 206 valence electrons. The maximum absolute atomic E-state index is 6.98. The van der Waals surface area contributed by atoms with E-state index >= 15 is 0 Å². The molecule has 0 spiro atoms.